The Bertz CT molecular complexity index is 673. The highest BCUT2D eigenvalue weighted by molar-refractivity contribution is 6.30. The van der Waals surface area contributed by atoms with Crippen LogP contribution in [0.15, 0.2) is 46.9 Å². The van der Waals surface area contributed by atoms with Gasteiger partial charge in [-0.1, -0.05) is 17.7 Å². The lowest BCUT2D eigenvalue weighted by atomic mass is 10.2. The first kappa shape index (κ1) is 10.2. The van der Waals surface area contributed by atoms with E-state index in [4.69, 9.17) is 21.8 Å². The van der Waals surface area contributed by atoms with E-state index >= 15 is 0 Å². The molecule has 0 bridgehead atoms. The van der Waals surface area contributed by atoms with Crippen LogP contribution in [0.3, 0.4) is 0 Å². The normalized spacial score (nSPS) is 10.9. The molecule has 84 valence electrons. The Balaban J connectivity index is 2.18. The minimum atomic E-state index is 0.551. The van der Waals surface area contributed by atoms with Gasteiger partial charge < -0.3 is 10.2 Å². The predicted octanol–water partition coefficient (Wildman–Crippen LogP) is 3.73. The highest BCUT2D eigenvalue weighted by atomic mass is 35.5. The third kappa shape index (κ3) is 1.74. The van der Waals surface area contributed by atoms with Crippen LogP contribution in [0, 0.1) is 0 Å². The summed E-state index contributed by atoms with van der Waals surface area (Å²) in [6, 6.07) is 12.8. The van der Waals surface area contributed by atoms with E-state index < -0.39 is 0 Å². The average molecular weight is 245 g/mol. The van der Waals surface area contributed by atoms with Crippen molar-refractivity contribution in [1.82, 2.24) is 4.98 Å². The molecule has 1 aromatic heterocycles. The molecule has 3 aromatic rings. The molecule has 3 rings (SSSR count). The SMILES string of the molecule is Nc1cccc2oc(-c3ccc(Cl)cc3)nc12. The maximum atomic E-state index is 5.83. The van der Waals surface area contributed by atoms with Crippen molar-refractivity contribution >= 4 is 28.4 Å². The molecule has 0 amide bonds. The fourth-order valence-corrected chi connectivity index (χ4v) is 1.81. The van der Waals surface area contributed by atoms with Gasteiger partial charge in [-0.3, -0.25) is 0 Å². The zero-order valence-electron chi connectivity index (χ0n) is 8.85. The number of aromatic nitrogens is 1. The Kier molecular flexibility index (Phi) is 2.27. The van der Waals surface area contributed by atoms with Crippen LogP contribution in [0.2, 0.25) is 5.02 Å². The number of oxazole rings is 1. The summed E-state index contributed by atoms with van der Waals surface area (Å²) in [5.41, 5.74) is 8.71. The Hall–Kier alpha value is -2.00. The number of nitrogens with zero attached hydrogens (tertiary/aromatic N) is 1. The third-order valence-electron chi connectivity index (χ3n) is 2.54. The van der Waals surface area contributed by atoms with Crippen molar-refractivity contribution in [3.05, 3.63) is 47.5 Å². The van der Waals surface area contributed by atoms with Gasteiger partial charge in [0.1, 0.15) is 5.52 Å². The van der Waals surface area contributed by atoms with Crippen molar-refractivity contribution in [2.75, 3.05) is 5.73 Å². The zero-order chi connectivity index (χ0) is 11.8. The first-order valence-electron chi connectivity index (χ1n) is 5.15. The van der Waals surface area contributed by atoms with E-state index in [1.165, 1.54) is 0 Å². The zero-order valence-corrected chi connectivity index (χ0v) is 9.61. The van der Waals surface area contributed by atoms with Gasteiger partial charge in [0, 0.05) is 10.6 Å². The molecule has 0 spiro atoms. The number of nitrogen functional groups attached to an aromatic ring is 1. The number of anilines is 1. The largest absolute Gasteiger partial charge is 0.436 e. The quantitative estimate of drug-likeness (QED) is 0.664. The number of hydrogen-bond donors (Lipinski definition) is 1. The first-order valence-corrected chi connectivity index (χ1v) is 5.53. The second-order valence-corrected chi connectivity index (χ2v) is 4.16. The Labute approximate surface area is 103 Å². The molecule has 0 saturated carbocycles. The molecular formula is C13H9ClN2O. The first-order chi connectivity index (χ1) is 8.24. The summed E-state index contributed by atoms with van der Waals surface area (Å²) >= 11 is 5.83. The second kappa shape index (κ2) is 3.79. The fraction of sp³-hybridized carbons (Fsp3) is 0. The predicted molar refractivity (Wildman–Crippen MR) is 68.9 cm³/mol. The van der Waals surface area contributed by atoms with Crippen LogP contribution in [-0.2, 0) is 0 Å². The summed E-state index contributed by atoms with van der Waals surface area (Å²) in [4.78, 5) is 4.38. The molecule has 0 atom stereocenters. The van der Waals surface area contributed by atoms with Crippen LogP contribution in [-0.4, -0.2) is 4.98 Å². The van der Waals surface area contributed by atoms with Crippen LogP contribution in [0.1, 0.15) is 0 Å². The Morgan fingerprint density at radius 3 is 2.53 bits per heavy atom. The van der Waals surface area contributed by atoms with E-state index in [0.717, 1.165) is 5.56 Å². The fourth-order valence-electron chi connectivity index (χ4n) is 1.69. The van der Waals surface area contributed by atoms with Crippen molar-refractivity contribution in [1.29, 1.82) is 0 Å². The summed E-state index contributed by atoms with van der Waals surface area (Å²) in [7, 11) is 0. The van der Waals surface area contributed by atoms with Gasteiger partial charge >= 0.3 is 0 Å². The van der Waals surface area contributed by atoms with Gasteiger partial charge in [-0.2, -0.15) is 0 Å². The van der Waals surface area contributed by atoms with Gasteiger partial charge in [0.2, 0.25) is 5.89 Å². The number of fused-ring (bicyclic) bond motifs is 1. The summed E-state index contributed by atoms with van der Waals surface area (Å²) < 4.78 is 5.64. The second-order valence-electron chi connectivity index (χ2n) is 3.72. The van der Waals surface area contributed by atoms with Gasteiger partial charge in [0.25, 0.3) is 0 Å². The number of halogens is 1. The van der Waals surface area contributed by atoms with E-state index in [1.54, 1.807) is 18.2 Å². The lowest BCUT2D eigenvalue weighted by molar-refractivity contribution is 0.620. The number of benzene rings is 2. The van der Waals surface area contributed by atoms with Crippen molar-refractivity contribution < 1.29 is 4.42 Å². The third-order valence-corrected chi connectivity index (χ3v) is 2.79. The summed E-state index contributed by atoms with van der Waals surface area (Å²) in [5, 5.41) is 0.685. The molecule has 0 unspecified atom stereocenters. The van der Waals surface area contributed by atoms with E-state index in [0.29, 0.717) is 27.7 Å². The van der Waals surface area contributed by atoms with Gasteiger partial charge in [-0.05, 0) is 36.4 Å². The lowest BCUT2D eigenvalue weighted by Gasteiger charge is -1.94. The topological polar surface area (TPSA) is 52.0 Å². The molecule has 0 saturated heterocycles. The number of hydrogen-bond acceptors (Lipinski definition) is 3. The van der Waals surface area contributed by atoms with Crippen LogP contribution >= 0.6 is 11.6 Å². The molecule has 0 aliphatic carbocycles. The number of rotatable bonds is 1. The Morgan fingerprint density at radius 2 is 1.82 bits per heavy atom. The van der Waals surface area contributed by atoms with Crippen molar-refractivity contribution in [2.24, 2.45) is 0 Å². The molecule has 17 heavy (non-hydrogen) atoms. The molecule has 0 aliphatic heterocycles. The van der Waals surface area contributed by atoms with E-state index in [2.05, 4.69) is 4.98 Å². The lowest BCUT2D eigenvalue weighted by Crippen LogP contribution is -1.85. The van der Waals surface area contributed by atoms with E-state index in [1.807, 2.05) is 24.3 Å². The van der Waals surface area contributed by atoms with E-state index in [-0.39, 0.29) is 0 Å². The molecule has 1 heterocycles. The molecule has 0 radical (unpaired) electrons. The molecule has 2 N–H and O–H groups in total. The standard InChI is InChI=1S/C13H9ClN2O/c14-9-6-4-8(5-7-9)13-16-12-10(15)2-1-3-11(12)17-13/h1-7H,15H2. The smallest absolute Gasteiger partial charge is 0.227 e. The molecule has 3 nitrogen and oxygen atoms in total. The van der Waals surface area contributed by atoms with Crippen molar-refractivity contribution in [3.8, 4) is 11.5 Å². The number of para-hydroxylation sites is 1. The molecular weight excluding hydrogens is 236 g/mol. The van der Waals surface area contributed by atoms with Crippen molar-refractivity contribution in [3.63, 3.8) is 0 Å². The van der Waals surface area contributed by atoms with Gasteiger partial charge in [0.15, 0.2) is 5.58 Å². The van der Waals surface area contributed by atoms with Crippen LogP contribution in [0.4, 0.5) is 5.69 Å². The van der Waals surface area contributed by atoms with Crippen LogP contribution < -0.4 is 5.73 Å². The minimum absolute atomic E-state index is 0.551. The maximum absolute atomic E-state index is 5.83. The number of nitrogens with two attached hydrogens (primary N) is 1. The summed E-state index contributed by atoms with van der Waals surface area (Å²) in [6.07, 6.45) is 0. The maximum Gasteiger partial charge on any atom is 0.227 e. The van der Waals surface area contributed by atoms with Crippen LogP contribution in [0.25, 0.3) is 22.6 Å². The molecule has 2 aromatic carbocycles. The molecule has 4 heteroatoms. The van der Waals surface area contributed by atoms with E-state index in [9.17, 15) is 0 Å². The highest BCUT2D eigenvalue weighted by Crippen LogP contribution is 2.27. The van der Waals surface area contributed by atoms with Gasteiger partial charge in [0.05, 0.1) is 5.69 Å². The van der Waals surface area contributed by atoms with Gasteiger partial charge in [-0.25, -0.2) is 4.98 Å². The van der Waals surface area contributed by atoms with Gasteiger partial charge in [-0.15, -0.1) is 0 Å². The minimum Gasteiger partial charge on any atom is -0.436 e. The van der Waals surface area contributed by atoms with Crippen LogP contribution in [0.5, 0.6) is 0 Å². The highest BCUT2D eigenvalue weighted by Gasteiger charge is 2.09. The molecule has 0 fully saturated rings. The summed E-state index contributed by atoms with van der Waals surface area (Å²) in [5.74, 6) is 0.551. The monoisotopic (exact) mass is 244 g/mol. The Morgan fingerprint density at radius 1 is 1.06 bits per heavy atom. The average Bonchev–Trinajstić information content (AvgIpc) is 2.75. The van der Waals surface area contributed by atoms with Crippen molar-refractivity contribution in [2.45, 2.75) is 0 Å². The summed E-state index contributed by atoms with van der Waals surface area (Å²) in [6.45, 7) is 0. The molecule has 0 aliphatic rings.